The Bertz CT molecular complexity index is 961. The molecule has 1 atom stereocenters. The molecule has 0 unspecified atom stereocenters. The van der Waals surface area contributed by atoms with Crippen LogP contribution in [0.2, 0.25) is 0 Å². The number of morpholine rings is 1. The fraction of sp³-hybridized carbons (Fsp3) is 0.375. The van der Waals surface area contributed by atoms with Crippen molar-refractivity contribution in [1.29, 1.82) is 0 Å². The molecule has 1 amide bonds. The van der Waals surface area contributed by atoms with Gasteiger partial charge in [0.25, 0.3) is 0 Å². The lowest BCUT2D eigenvalue weighted by Gasteiger charge is -2.35. The molecule has 1 fully saturated rings. The summed E-state index contributed by atoms with van der Waals surface area (Å²) in [7, 11) is 1.67. The van der Waals surface area contributed by atoms with E-state index in [1.165, 1.54) is 16.5 Å². The van der Waals surface area contributed by atoms with Crippen molar-refractivity contribution in [3.8, 4) is 5.75 Å². The van der Waals surface area contributed by atoms with Gasteiger partial charge in [-0.15, -0.1) is 0 Å². The van der Waals surface area contributed by atoms with Gasteiger partial charge in [0.15, 0.2) is 0 Å². The second kappa shape index (κ2) is 9.78. The molecule has 0 spiro atoms. The molecule has 1 aliphatic heterocycles. The molecule has 3 aromatic rings. The summed E-state index contributed by atoms with van der Waals surface area (Å²) in [4.78, 5) is 18.3. The van der Waals surface area contributed by atoms with Gasteiger partial charge in [-0.1, -0.05) is 30.3 Å². The van der Waals surface area contributed by atoms with E-state index in [0.29, 0.717) is 13.0 Å². The molecule has 0 saturated carbocycles. The van der Waals surface area contributed by atoms with Crippen molar-refractivity contribution in [2.24, 2.45) is 0 Å². The molecule has 0 bridgehead atoms. The van der Waals surface area contributed by atoms with Gasteiger partial charge in [0, 0.05) is 43.2 Å². The number of amides is 1. The van der Waals surface area contributed by atoms with Gasteiger partial charge in [-0.3, -0.25) is 9.69 Å². The molecule has 1 saturated heterocycles. The van der Waals surface area contributed by atoms with E-state index in [9.17, 15) is 4.79 Å². The van der Waals surface area contributed by atoms with Gasteiger partial charge in [0.05, 0.1) is 26.4 Å². The van der Waals surface area contributed by atoms with Crippen molar-refractivity contribution in [2.45, 2.75) is 18.9 Å². The highest BCUT2D eigenvalue weighted by molar-refractivity contribution is 5.84. The van der Waals surface area contributed by atoms with Crippen LogP contribution in [0.5, 0.6) is 5.75 Å². The number of methoxy groups -OCH3 is 1. The number of H-pyrrole nitrogens is 1. The van der Waals surface area contributed by atoms with E-state index in [0.717, 1.165) is 44.0 Å². The van der Waals surface area contributed by atoms with Gasteiger partial charge in [-0.05, 0) is 35.7 Å². The number of rotatable bonds is 8. The Balaban J connectivity index is 1.37. The number of hydrogen-bond donors (Lipinski definition) is 2. The van der Waals surface area contributed by atoms with Gasteiger partial charge in [0.1, 0.15) is 5.75 Å². The number of hydrogen-bond acceptors (Lipinski definition) is 4. The average Bonchev–Trinajstić information content (AvgIpc) is 3.22. The van der Waals surface area contributed by atoms with E-state index in [2.05, 4.69) is 39.5 Å². The van der Waals surface area contributed by atoms with Crippen LogP contribution in [-0.2, 0) is 16.0 Å². The number of aromatic amines is 1. The Labute approximate surface area is 177 Å². The highest BCUT2D eigenvalue weighted by Crippen LogP contribution is 2.24. The summed E-state index contributed by atoms with van der Waals surface area (Å²) in [6.45, 7) is 3.76. The fourth-order valence-electron chi connectivity index (χ4n) is 4.06. The Morgan fingerprint density at radius 2 is 1.93 bits per heavy atom. The maximum absolute atomic E-state index is 12.6. The number of benzene rings is 2. The minimum Gasteiger partial charge on any atom is -0.497 e. The van der Waals surface area contributed by atoms with E-state index in [-0.39, 0.29) is 11.9 Å². The van der Waals surface area contributed by atoms with Crippen LogP contribution in [0.4, 0.5) is 0 Å². The van der Waals surface area contributed by atoms with Crippen LogP contribution < -0.4 is 10.1 Å². The van der Waals surface area contributed by atoms with Crippen LogP contribution in [0, 0.1) is 0 Å². The van der Waals surface area contributed by atoms with E-state index >= 15 is 0 Å². The molecule has 0 aliphatic carbocycles. The topological polar surface area (TPSA) is 66.6 Å². The minimum absolute atomic E-state index is 0.0760. The predicted molar refractivity (Wildman–Crippen MR) is 118 cm³/mol. The first-order chi connectivity index (χ1) is 14.7. The van der Waals surface area contributed by atoms with Crippen molar-refractivity contribution < 1.29 is 14.3 Å². The molecule has 2 N–H and O–H groups in total. The van der Waals surface area contributed by atoms with Crippen LogP contribution >= 0.6 is 0 Å². The van der Waals surface area contributed by atoms with Crippen LogP contribution in [-0.4, -0.2) is 55.7 Å². The lowest BCUT2D eigenvalue weighted by molar-refractivity contribution is -0.121. The van der Waals surface area contributed by atoms with Gasteiger partial charge in [-0.2, -0.15) is 0 Å². The number of nitrogens with zero attached hydrogens (tertiary/aromatic N) is 1. The van der Waals surface area contributed by atoms with Crippen LogP contribution in [0.25, 0.3) is 10.9 Å². The summed E-state index contributed by atoms with van der Waals surface area (Å²) >= 11 is 0. The van der Waals surface area contributed by atoms with Crippen molar-refractivity contribution in [2.75, 3.05) is 40.0 Å². The third-order valence-corrected chi connectivity index (χ3v) is 5.78. The van der Waals surface area contributed by atoms with Crippen LogP contribution in [0.15, 0.2) is 54.7 Å². The number of carbonyl (C=O) groups is 1. The summed E-state index contributed by atoms with van der Waals surface area (Å²) in [5.74, 6) is 0.911. The van der Waals surface area contributed by atoms with E-state index in [1.54, 1.807) is 7.11 Å². The number of fused-ring (bicyclic) bond motifs is 1. The smallest absolute Gasteiger partial charge is 0.220 e. The molecular weight excluding hydrogens is 378 g/mol. The van der Waals surface area contributed by atoms with Gasteiger partial charge in [-0.25, -0.2) is 0 Å². The van der Waals surface area contributed by atoms with E-state index in [1.807, 2.05) is 30.5 Å². The zero-order chi connectivity index (χ0) is 20.8. The number of ether oxygens (including phenoxy) is 2. The summed E-state index contributed by atoms with van der Waals surface area (Å²) in [5.41, 5.74) is 3.47. The number of aromatic nitrogens is 1. The molecule has 30 heavy (non-hydrogen) atoms. The maximum Gasteiger partial charge on any atom is 0.220 e. The van der Waals surface area contributed by atoms with Crippen molar-refractivity contribution in [3.63, 3.8) is 0 Å². The minimum atomic E-state index is 0.0760. The largest absolute Gasteiger partial charge is 0.497 e. The molecule has 2 heterocycles. The third-order valence-electron chi connectivity index (χ3n) is 5.78. The lowest BCUT2D eigenvalue weighted by Crippen LogP contribution is -2.43. The van der Waals surface area contributed by atoms with Crippen LogP contribution in [0.3, 0.4) is 0 Å². The quantitative estimate of drug-likeness (QED) is 0.601. The Hall–Kier alpha value is -2.83. The summed E-state index contributed by atoms with van der Waals surface area (Å²) in [6.07, 6.45) is 3.20. The second-order valence-corrected chi connectivity index (χ2v) is 7.60. The summed E-state index contributed by atoms with van der Waals surface area (Å²) in [6, 6.07) is 16.4. The first kappa shape index (κ1) is 20.4. The highest BCUT2D eigenvalue weighted by atomic mass is 16.5. The van der Waals surface area contributed by atoms with Crippen LogP contribution in [0.1, 0.15) is 23.6 Å². The summed E-state index contributed by atoms with van der Waals surface area (Å²) < 4.78 is 10.8. The standard InChI is InChI=1S/C24H29N3O3/c1-29-20-9-6-18(7-10-20)23(27-12-14-30-15-13-27)17-26-24(28)11-8-19-16-25-22-5-3-2-4-21(19)22/h2-7,9-10,16,23,25H,8,11-15,17H2,1H3,(H,26,28)/t23-/m0/s1. The first-order valence-electron chi connectivity index (χ1n) is 10.5. The molecule has 6 heteroatoms. The average molecular weight is 408 g/mol. The normalized spacial score (nSPS) is 15.8. The fourth-order valence-corrected chi connectivity index (χ4v) is 4.06. The first-order valence-corrected chi connectivity index (χ1v) is 10.5. The van der Waals surface area contributed by atoms with Crippen molar-refractivity contribution in [3.05, 3.63) is 65.9 Å². The zero-order valence-electron chi connectivity index (χ0n) is 17.4. The molecule has 4 rings (SSSR count). The molecule has 0 radical (unpaired) electrons. The van der Waals surface area contributed by atoms with Gasteiger partial charge >= 0.3 is 0 Å². The molecule has 1 aromatic heterocycles. The number of nitrogens with one attached hydrogen (secondary N) is 2. The molecule has 158 valence electrons. The number of aryl methyl sites for hydroxylation is 1. The Morgan fingerprint density at radius 3 is 2.70 bits per heavy atom. The van der Waals surface area contributed by atoms with Crippen molar-refractivity contribution >= 4 is 16.8 Å². The van der Waals surface area contributed by atoms with E-state index < -0.39 is 0 Å². The molecule has 6 nitrogen and oxygen atoms in total. The molecule has 2 aromatic carbocycles. The van der Waals surface area contributed by atoms with Crippen molar-refractivity contribution in [1.82, 2.24) is 15.2 Å². The SMILES string of the molecule is COc1ccc([C@H](CNC(=O)CCc2c[nH]c3ccccc23)N2CCOCC2)cc1. The Morgan fingerprint density at radius 1 is 1.17 bits per heavy atom. The highest BCUT2D eigenvalue weighted by Gasteiger charge is 2.23. The zero-order valence-corrected chi connectivity index (χ0v) is 17.4. The third kappa shape index (κ3) is 4.83. The Kier molecular flexibility index (Phi) is 6.67. The van der Waals surface area contributed by atoms with Gasteiger partial charge < -0.3 is 19.8 Å². The second-order valence-electron chi connectivity index (χ2n) is 7.60. The lowest BCUT2D eigenvalue weighted by atomic mass is 10.0. The molecule has 1 aliphatic rings. The number of carbonyl (C=O) groups excluding carboxylic acids is 1. The summed E-state index contributed by atoms with van der Waals surface area (Å²) in [5, 5.41) is 4.34. The maximum atomic E-state index is 12.6. The van der Waals surface area contributed by atoms with E-state index in [4.69, 9.17) is 9.47 Å². The predicted octanol–water partition coefficient (Wildman–Crippen LogP) is 3.30. The number of para-hydroxylation sites is 1. The molecular formula is C24H29N3O3. The monoisotopic (exact) mass is 407 g/mol. The van der Waals surface area contributed by atoms with Gasteiger partial charge in [0.2, 0.25) is 5.91 Å².